The van der Waals surface area contributed by atoms with Gasteiger partial charge in [-0.3, -0.25) is 0 Å². The van der Waals surface area contributed by atoms with Crippen molar-refractivity contribution in [2.45, 2.75) is 44.6 Å². The number of hydrogen-bond donors (Lipinski definition) is 0. The van der Waals surface area contributed by atoms with E-state index < -0.39 is 8.56 Å². The maximum Gasteiger partial charge on any atom is 0.337 e. The molecule has 5 heteroatoms. The number of epoxide rings is 1. The average Bonchev–Trinajstić information content (AvgIpc) is 3.09. The summed E-state index contributed by atoms with van der Waals surface area (Å²) in [5, 5.41) is 0. The van der Waals surface area contributed by atoms with Crippen LogP contribution in [-0.4, -0.2) is 48.2 Å². The second-order valence-electron chi connectivity index (χ2n) is 4.66. The number of rotatable bonds is 8. The van der Waals surface area contributed by atoms with E-state index in [9.17, 15) is 0 Å². The molecule has 4 nitrogen and oxygen atoms in total. The van der Waals surface area contributed by atoms with Crippen molar-refractivity contribution in [3.8, 4) is 0 Å². The van der Waals surface area contributed by atoms with Crippen molar-refractivity contribution < 1.29 is 18.3 Å². The van der Waals surface area contributed by atoms with Gasteiger partial charge in [0, 0.05) is 19.8 Å². The van der Waals surface area contributed by atoms with E-state index in [1.54, 1.807) is 14.2 Å². The molecule has 16 heavy (non-hydrogen) atoms. The molecule has 1 heterocycles. The molecular formula is C11H24O4Si. The van der Waals surface area contributed by atoms with Crippen molar-refractivity contribution in [2.24, 2.45) is 0 Å². The fourth-order valence-corrected chi connectivity index (χ4v) is 3.43. The highest BCUT2D eigenvalue weighted by Crippen LogP contribution is 2.28. The van der Waals surface area contributed by atoms with Crippen LogP contribution in [0.25, 0.3) is 0 Å². The van der Waals surface area contributed by atoms with E-state index in [-0.39, 0.29) is 6.10 Å². The molecule has 0 aliphatic carbocycles. The molecule has 1 aliphatic heterocycles. The third-order valence-corrected chi connectivity index (χ3v) is 7.01. The molecule has 0 amide bonds. The Morgan fingerprint density at radius 2 is 1.88 bits per heavy atom. The zero-order chi connectivity index (χ0) is 12.2. The summed E-state index contributed by atoms with van der Waals surface area (Å²) in [5.74, 6) is 0. The van der Waals surface area contributed by atoms with Crippen LogP contribution in [0.3, 0.4) is 0 Å². The first-order valence-electron chi connectivity index (χ1n) is 5.85. The molecule has 3 unspecified atom stereocenters. The van der Waals surface area contributed by atoms with E-state index in [1.807, 2.05) is 0 Å². The monoisotopic (exact) mass is 248 g/mol. The van der Waals surface area contributed by atoms with Crippen LogP contribution in [0, 0.1) is 0 Å². The molecule has 0 saturated carbocycles. The van der Waals surface area contributed by atoms with Gasteiger partial charge in [-0.25, -0.2) is 0 Å². The van der Waals surface area contributed by atoms with Crippen molar-refractivity contribution in [1.82, 2.24) is 0 Å². The maximum atomic E-state index is 5.71. The normalized spacial score (nSPS) is 24.2. The fourth-order valence-electron chi connectivity index (χ4n) is 1.70. The Morgan fingerprint density at radius 3 is 2.31 bits per heavy atom. The predicted octanol–water partition coefficient (Wildman–Crippen LogP) is 1.94. The van der Waals surface area contributed by atoms with Gasteiger partial charge in [0.2, 0.25) is 0 Å². The Kier molecular flexibility index (Phi) is 5.40. The summed E-state index contributed by atoms with van der Waals surface area (Å²) >= 11 is 0. The van der Waals surface area contributed by atoms with Gasteiger partial charge in [0.25, 0.3) is 0 Å². The summed E-state index contributed by atoms with van der Waals surface area (Å²) in [6.45, 7) is 7.93. The van der Waals surface area contributed by atoms with Gasteiger partial charge in [-0.15, -0.1) is 0 Å². The van der Waals surface area contributed by atoms with Crippen LogP contribution in [0.1, 0.15) is 20.3 Å². The third-order valence-electron chi connectivity index (χ3n) is 3.36. The van der Waals surface area contributed by atoms with Gasteiger partial charge in [0.05, 0.1) is 19.3 Å². The summed E-state index contributed by atoms with van der Waals surface area (Å²) in [7, 11) is 1.45. The predicted molar refractivity (Wildman–Crippen MR) is 64.8 cm³/mol. The molecule has 0 aromatic heterocycles. The minimum atomic E-state index is -2.02. The van der Waals surface area contributed by atoms with Crippen molar-refractivity contribution in [3.63, 3.8) is 0 Å². The highest BCUT2D eigenvalue weighted by molar-refractivity contribution is 6.67. The van der Waals surface area contributed by atoms with Crippen LogP contribution in [0.15, 0.2) is 0 Å². The van der Waals surface area contributed by atoms with Crippen LogP contribution in [0.4, 0.5) is 0 Å². The molecular weight excluding hydrogens is 224 g/mol. The molecule has 0 bridgehead atoms. The number of ether oxygens (including phenoxy) is 2. The molecule has 0 radical (unpaired) electrons. The topological polar surface area (TPSA) is 40.2 Å². The van der Waals surface area contributed by atoms with Crippen LogP contribution in [0.5, 0.6) is 0 Å². The second-order valence-corrected chi connectivity index (χ2v) is 8.49. The summed E-state index contributed by atoms with van der Waals surface area (Å²) < 4.78 is 21.9. The van der Waals surface area contributed by atoms with E-state index in [0.29, 0.717) is 18.3 Å². The Morgan fingerprint density at radius 1 is 1.31 bits per heavy atom. The molecule has 1 fully saturated rings. The van der Waals surface area contributed by atoms with E-state index in [1.165, 1.54) is 0 Å². The van der Waals surface area contributed by atoms with Crippen molar-refractivity contribution in [3.05, 3.63) is 0 Å². The summed E-state index contributed by atoms with van der Waals surface area (Å²) in [6, 6.07) is 0. The average molecular weight is 248 g/mol. The first kappa shape index (κ1) is 14.1. The molecule has 1 aliphatic rings. The second kappa shape index (κ2) is 6.12. The summed E-state index contributed by atoms with van der Waals surface area (Å²) in [5.41, 5.74) is 0.414. The lowest BCUT2D eigenvalue weighted by atomic mass is 10.2. The number of hydrogen-bond acceptors (Lipinski definition) is 4. The Labute approximate surface area is 99.5 Å². The molecule has 1 saturated heterocycles. The standard InChI is InChI=1S/C11H24O4Si/c1-9(14-7-11-8-15-11)6-10(2)16(5,12-3)13-4/h9-11H,6-8H2,1-5H3. The fraction of sp³-hybridized carbons (Fsp3) is 1.00. The lowest BCUT2D eigenvalue weighted by molar-refractivity contribution is 0.0459. The van der Waals surface area contributed by atoms with E-state index in [4.69, 9.17) is 18.3 Å². The Hall–Kier alpha value is 0.0569. The summed E-state index contributed by atoms with van der Waals surface area (Å²) in [4.78, 5) is 0. The highest BCUT2D eigenvalue weighted by Gasteiger charge is 2.37. The van der Waals surface area contributed by atoms with Gasteiger partial charge < -0.3 is 18.3 Å². The molecule has 0 aromatic rings. The quantitative estimate of drug-likeness (QED) is 0.486. The van der Waals surface area contributed by atoms with Gasteiger partial charge in [0.15, 0.2) is 0 Å². The molecule has 1 rings (SSSR count). The Balaban J connectivity index is 2.27. The Bertz CT molecular complexity index is 204. The van der Waals surface area contributed by atoms with E-state index >= 15 is 0 Å². The zero-order valence-corrected chi connectivity index (χ0v) is 12.0. The van der Waals surface area contributed by atoms with Crippen molar-refractivity contribution in [2.75, 3.05) is 27.4 Å². The smallest absolute Gasteiger partial charge is 0.337 e. The first-order chi connectivity index (χ1) is 7.51. The minimum absolute atomic E-state index is 0.233. The van der Waals surface area contributed by atoms with Gasteiger partial charge in [0.1, 0.15) is 6.10 Å². The van der Waals surface area contributed by atoms with Crippen molar-refractivity contribution >= 4 is 8.56 Å². The third kappa shape index (κ3) is 4.14. The maximum absolute atomic E-state index is 5.71. The van der Waals surface area contributed by atoms with Crippen LogP contribution in [0.2, 0.25) is 12.1 Å². The van der Waals surface area contributed by atoms with Gasteiger partial charge in [-0.1, -0.05) is 6.92 Å². The van der Waals surface area contributed by atoms with Gasteiger partial charge >= 0.3 is 8.56 Å². The van der Waals surface area contributed by atoms with Gasteiger partial charge in [-0.2, -0.15) is 0 Å². The highest BCUT2D eigenvalue weighted by atomic mass is 28.4. The largest absolute Gasteiger partial charge is 0.398 e. The molecule has 3 atom stereocenters. The summed E-state index contributed by atoms with van der Waals surface area (Å²) in [6.07, 6.45) is 1.54. The molecule has 0 spiro atoms. The van der Waals surface area contributed by atoms with Crippen LogP contribution >= 0.6 is 0 Å². The molecule has 0 aromatic carbocycles. The molecule has 0 N–H and O–H groups in total. The zero-order valence-electron chi connectivity index (χ0n) is 11.0. The van der Waals surface area contributed by atoms with Crippen molar-refractivity contribution in [1.29, 1.82) is 0 Å². The lowest BCUT2D eigenvalue weighted by Crippen LogP contribution is -2.41. The first-order valence-corrected chi connectivity index (χ1v) is 8.24. The molecule has 96 valence electrons. The van der Waals surface area contributed by atoms with Crippen LogP contribution in [-0.2, 0) is 18.3 Å². The van der Waals surface area contributed by atoms with Gasteiger partial charge in [-0.05, 0) is 19.9 Å². The lowest BCUT2D eigenvalue weighted by Gasteiger charge is -2.30. The van der Waals surface area contributed by atoms with E-state index in [0.717, 1.165) is 13.0 Å². The SMILES string of the molecule is CO[Si](C)(OC)C(C)CC(C)OCC1CO1. The van der Waals surface area contributed by atoms with Crippen LogP contribution < -0.4 is 0 Å². The minimum Gasteiger partial charge on any atom is -0.398 e. The van der Waals surface area contributed by atoms with E-state index in [2.05, 4.69) is 20.4 Å².